The molecule has 1 fully saturated rings. The Balaban J connectivity index is 2.00. The minimum Gasteiger partial charge on any atom is -0.322 e. The van der Waals surface area contributed by atoms with Gasteiger partial charge in [-0.25, -0.2) is 9.78 Å². The van der Waals surface area contributed by atoms with Crippen LogP contribution in [0.1, 0.15) is 83.4 Å². The number of aryl methyl sites for hydroxylation is 1. The summed E-state index contributed by atoms with van der Waals surface area (Å²) in [4.78, 5) is 30.1. The number of rotatable bonds is 10. The molecule has 27 heavy (non-hydrogen) atoms. The molecule has 150 valence electrons. The van der Waals surface area contributed by atoms with Crippen LogP contribution in [-0.2, 0) is 20.6 Å². The number of aromatic nitrogens is 4. The lowest BCUT2D eigenvalue weighted by molar-refractivity contribution is 0.488. The largest absolute Gasteiger partial charge is 0.332 e. The molecule has 0 radical (unpaired) electrons. The van der Waals surface area contributed by atoms with Gasteiger partial charge in [0, 0.05) is 26.6 Å². The Morgan fingerprint density at radius 1 is 1.04 bits per heavy atom. The van der Waals surface area contributed by atoms with Crippen LogP contribution in [0.5, 0.6) is 0 Å². The van der Waals surface area contributed by atoms with Gasteiger partial charge in [-0.1, -0.05) is 46.0 Å². The predicted octanol–water partition coefficient (Wildman–Crippen LogP) is 3.70. The standard InChI is InChI=1S/C21H34N4O2/c1-5-7-8-9-10-11-16(6-2)18-22-19-17(25(18)14-15-12-13-15)20(26)24(4)21(27)23(19)3/h15-16H,5-14H2,1-4H3. The third-order valence-corrected chi connectivity index (χ3v) is 6.03. The van der Waals surface area contributed by atoms with Gasteiger partial charge in [-0.15, -0.1) is 0 Å². The number of imidazole rings is 1. The van der Waals surface area contributed by atoms with Gasteiger partial charge in [0.15, 0.2) is 11.2 Å². The van der Waals surface area contributed by atoms with E-state index in [0.29, 0.717) is 23.0 Å². The molecule has 6 nitrogen and oxygen atoms in total. The van der Waals surface area contributed by atoms with Gasteiger partial charge in [-0.05, 0) is 31.6 Å². The van der Waals surface area contributed by atoms with Crippen LogP contribution in [0.25, 0.3) is 11.2 Å². The van der Waals surface area contributed by atoms with Crippen molar-refractivity contribution < 1.29 is 0 Å². The van der Waals surface area contributed by atoms with Crippen molar-refractivity contribution in [2.24, 2.45) is 20.0 Å². The lowest BCUT2D eigenvalue weighted by Gasteiger charge is -2.17. The highest BCUT2D eigenvalue weighted by Gasteiger charge is 2.28. The van der Waals surface area contributed by atoms with E-state index in [1.165, 1.54) is 54.1 Å². The maximum atomic E-state index is 12.9. The van der Waals surface area contributed by atoms with Gasteiger partial charge in [-0.2, -0.15) is 0 Å². The van der Waals surface area contributed by atoms with Gasteiger partial charge in [0.1, 0.15) is 5.82 Å². The summed E-state index contributed by atoms with van der Waals surface area (Å²) in [6.45, 7) is 5.29. The summed E-state index contributed by atoms with van der Waals surface area (Å²) in [7, 11) is 3.28. The van der Waals surface area contributed by atoms with Crippen molar-refractivity contribution >= 4 is 11.2 Å². The zero-order valence-electron chi connectivity index (χ0n) is 17.3. The van der Waals surface area contributed by atoms with Crippen molar-refractivity contribution in [3.8, 4) is 0 Å². The molecule has 0 bridgehead atoms. The summed E-state index contributed by atoms with van der Waals surface area (Å²) < 4.78 is 4.88. The van der Waals surface area contributed by atoms with Crippen molar-refractivity contribution in [2.45, 2.75) is 84.1 Å². The first-order chi connectivity index (χ1) is 13.0. The van der Waals surface area contributed by atoms with Crippen LogP contribution < -0.4 is 11.2 Å². The van der Waals surface area contributed by atoms with Crippen molar-refractivity contribution in [3.63, 3.8) is 0 Å². The third kappa shape index (κ3) is 4.04. The quantitative estimate of drug-likeness (QED) is 0.596. The second kappa shape index (κ2) is 8.44. The summed E-state index contributed by atoms with van der Waals surface area (Å²) >= 11 is 0. The van der Waals surface area contributed by atoms with E-state index in [9.17, 15) is 9.59 Å². The summed E-state index contributed by atoms with van der Waals surface area (Å²) in [6.07, 6.45) is 10.9. The number of hydrogen-bond donors (Lipinski definition) is 0. The fourth-order valence-corrected chi connectivity index (χ4v) is 4.03. The number of nitrogens with zero attached hydrogens (tertiary/aromatic N) is 4. The maximum absolute atomic E-state index is 12.9. The molecule has 2 aromatic rings. The minimum atomic E-state index is -0.303. The fourth-order valence-electron chi connectivity index (χ4n) is 4.03. The SMILES string of the molecule is CCCCCCCC(CC)c1nc2c(c(=O)n(C)c(=O)n2C)n1CC1CC1. The van der Waals surface area contributed by atoms with Gasteiger partial charge in [0.05, 0.1) is 0 Å². The highest BCUT2D eigenvalue weighted by Crippen LogP contribution is 2.34. The van der Waals surface area contributed by atoms with Crippen LogP contribution in [0, 0.1) is 5.92 Å². The Kier molecular flexibility index (Phi) is 6.22. The van der Waals surface area contributed by atoms with Gasteiger partial charge in [0.25, 0.3) is 5.56 Å². The Labute approximate surface area is 161 Å². The first-order valence-corrected chi connectivity index (χ1v) is 10.7. The molecule has 3 rings (SSSR count). The monoisotopic (exact) mass is 374 g/mol. The van der Waals surface area contributed by atoms with Crippen molar-refractivity contribution in [1.82, 2.24) is 18.7 Å². The average Bonchev–Trinajstić information content (AvgIpc) is 3.41. The molecule has 1 saturated carbocycles. The Morgan fingerprint density at radius 3 is 2.37 bits per heavy atom. The maximum Gasteiger partial charge on any atom is 0.332 e. The predicted molar refractivity (Wildman–Crippen MR) is 109 cm³/mol. The summed E-state index contributed by atoms with van der Waals surface area (Å²) in [5.74, 6) is 2.00. The zero-order chi connectivity index (χ0) is 19.6. The van der Waals surface area contributed by atoms with Crippen LogP contribution >= 0.6 is 0 Å². The molecule has 0 aliphatic heterocycles. The van der Waals surface area contributed by atoms with Gasteiger partial charge >= 0.3 is 5.69 Å². The molecule has 1 unspecified atom stereocenters. The first-order valence-electron chi connectivity index (χ1n) is 10.7. The normalized spacial score (nSPS) is 15.6. The Bertz CT molecular complexity index is 902. The average molecular weight is 375 g/mol. The zero-order valence-corrected chi connectivity index (χ0v) is 17.3. The molecule has 1 atom stereocenters. The smallest absolute Gasteiger partial charge is 0.322 e. The Morgan fingerprint density at radius 2 is 1.74 bits per heavy atom. The molecular weight excluding hydrogens is 340 g/mol. The summed E-state index contributed by atoms with van der Waals surface area (Å²) in [5, 5.41) is 0. The molecule has 1 aliphatic carbocycles. The lowest BCUT2D eigenvalue weighted by Crippen LogP contribution is -2.37. The van der Waals surface area contributed by atoms with E-state index >= 15 is 0 Å². The molecule has 2 heterocycles. The molecule has 0 amide bonds. The van der Waals surface area contributed by atoms with Crippen molar-refractivity contribution in [1.29, 1.82) is 0 Å². The molecule has 0 N–H and O–H groups in total. The van der Waals surface area contributed by atoms with E-state index < -0.39 is 0 Å². The van der Waals surface area contributed by atoms with Crippen LogP contribution in [-0.4, -0.2) is 18.7 Å². The van der Waals surface area contributed by atoms with Gasteiger partial charge in [-0.3, -0.25) is 13.9 Å². The lowest BCUT2D eigenvalue weighted by atomic mass is 9.97. The van der Waals surface area contributed by atoms with Crippen LogP contribution in [0.15, 0.2) is 9.59 Å². The highest BCUT2D eigenvalue weighted by molar-refractivity contribution is 5.71. The molecule has 2 aromatic heterocycles. The molecular formula is C21H34N4O2. The van der Waals surface area contributed by atoms with E-state index in [-0.39, 0.29) is 11.2 Å². The third-order valence-electron chi connectivity index (χ3n) is 6.03. The fraction of sp³-hybridized carbons (Fsp3) is 0.762. The topological polar surface area (TPSA) is 61.8 Å². The molecule has 6 heteroatoms. The second-order valence-electron chi connectivity index (χ2n) is 8.21. The molecule has 0 aromatic carbocycles. The highest BCUT2D eigenvalue weighted by atomic mass is 16.2. The minimum absolute atomic E-state index is 0.217. The van der Waals surface area contributed by atoms with Gasteiger partial charge in [0.2, 0.25) is 0 Å². The van der Waals surface area contributed by atoms with E-state index in [1.54, 1.807) is 14.1 Å². The van der Waals surface area contributed by atoms with Gasteiger partial charge < -0.3 is 4.57 Å². The van der Waals surface area contributed by atoms with Crippen molar-refractivity contribution in [2.75, 3.05) is 0 Å². The molecule has 1 aliphatic rings. The van der Waals surface area contributed by atoms with Crippen molar-refractivity contribution in [3.05, 3.63) is 26.7 Å². The first kappa shape index (κ1) is 19.9. The second-order valence-corrected chi connectivity index (χ2v) is 8.21. The van der Waals surface area contributed by atoms with E-state index in [4.69, 9.17) is 4.98 Å². The van der Waals surface area contributed by atoms with E-state index in [1.807, 2.05) is 0 Å². The van der Waals surface area contributed by atoms with Crippen LogP contribution in [0.2, 0.25) is 0 Å². The number of fused-ring (bicyclic) bond motifs is 1. The van der Waals surface area contributed by atoms with E-state index in [2.05, 4.69) is 18.4 Å². The van der Waals surface area contributed by atoms with Crippen LogP contribution in [0.3, 0.4) is 0 Å². The molecule has 0 saturated heterocycles. The molecule has 0 spiro atoms. The summed E-state index contributed by atoms with van der Waals surface area (Å²) in [5.41, 5.74) is 0.627. The van der Waals surface area contributed by atoms with Crippen LogP contribution in [0.4, 0.5) is 0 Å². The number of hydrogen-bond acceptors (Lipinski definition) is 3. The Hall–Kier alpha value is -1.85. The summed E-state index contributed by atoms with van der Waals surface area (Å²) in [6, 6.07) is 0. The van der Waals surface area contributed by atoms with E-state index in [0.717, 1.165) is 25.2 Å². The number of unbranched alkanes of at least 4 members (excludes halogenated alkanes) is 4.